The van der Waals surface area contributed by atoms with E-state index < -0.39 is 12.3 Å². The molecule has 2 N–H and O–H groups in total. The number of hydrogen-bond acceptors (Lipinski definition) is 4. The molecule has 0 aliphatic carbocycles. The van der Waals surface area contributed by atoms with Crippen molar-refractivity contribution in [3.05, 3.63) is 30.0 Å². The summed E-state index contributed by atoms with van der Waals surface area (Å²) in [5.74, 6) is -1.36. The fourth-order valence-corrected chi connectivity index (χ4v) is 1.69. The Labute approximate surface area is 104 Å². The first-order valence-corrected chi connectivity index (χ1v) is 5.13. The summed E-state index contributed by atoms with van der Waals surface area (Å²) in [4.78, 5) is 10.7. The number of carboxylic acid groups (broad SMARTS) is 1. The second-order valence-corrected chi connectivity index (χ2v) is 3.80. The van der Waals surface area contributed by atoms with Gasteiger partial charge in [0.15, 0.2) is 11.5 Å². The molecule has 0 radical (unpaired) electrons. The van der Waals surface area contributed by atoms with Gasteiger partial charge in [0.05, 0.1) is 5.69 Å². The van der Waals surface area contributed by atoms with Crippen LogP contribution in [-0.2, 0) is 0 Å². The largest absolute Gasteiger partial charge is 0.586 e. The highest BCUT2D eigenvalue weighted by Crippen LogP contribution is 2.42. The van der Waals surface area contributed by atoms with Crippen LogP contribution in [0.3, 0.4) is 0 Å². The number of ether oxygens (including phenoxy) is 2. The van der Waals surface area contributed by atoms with Gasteiger partial charge in [-0.3, -0.25) is 5.10 Å². The number of halogens is 2. The van der Waals surface area contributed by atoms with Crippen LogP contribution in [0.25, 0.3) is 11.3 Å². The predicted molar refractivity (Wildman–Crippen MR) is 57.2 cm³/mol. The molecule has 0 unspecified atom stereocenters. The second kappa shape index (κ2) is 3.67. The van der Waals surface area contributed by atoms with Crippen molar-refractivity contribution in [2.45, 2.75) is 6.29 Å². The molecule has 0 fully saturated rings. The van der Waals surface area contributed by atoms with E-state index in [9.17, 15) is 13.6 Å². The number of carboxylic acids is 1. The van der Waals surface area contributed by atoms with Gasteiger partial charge >= 0.3 is 12.3 Å². The van der Waals surface area contributed by atoms with Crippen LogP contribution in [0.4, 0.5) is 8.78 Å². The zero-order chi connectivity index (χ0) is 13.6. The molecule has 19 heavy (non-hydrogen) atoms. The Morgan fingerprint density at radius 3 is 2.68 bits per heavy atom. The number of nitrogens with zero attached hydrogens (tertiary/aromatic N) is 1. The maximum Gasteiger partial charge on any atom is 0.586 e. The minimum Gasteiger partial charge on any atom is -0.477 e. The molecule has 2 heterocycles. The van der Waals surface area contributed by atoms with Crippen LogP contribution in [0.2, 0.25) is 0 Å². The maximum atomic E-state index is 12.8. The van der Waals surface area contributed by atoms with E-state index in [2.05, 4.69) is 19.7 Å². The minimum atomic E-state index is -3.68. The van der Waals surface area contributed by atoms with E-state index in [1.807, 2.05) is 0 Å². The number of alkyl halides is 2. The predicted octanol–water partition coefficient (Wildman–Crippen LogP) is 2.10. The van der Waals surface area contributed by atoms with Gasteiger partial charge in [0, 0.05) is 5.56 Å². The third-order valence-electron chi connectivity index (χ3n) is 2.51. The van der Waals surface area contributed by atoms with Gasteiger partial charge in [0.2, 0.25) is 0 Å². The average Bonchev–Trinajstić information content (AvgIpc) is 2.89. The van der Waals surface area contributed by atoms with Crippen molar-refractivity contribution < 1.29 is 28.2 Å². The van der Waals surface area contributed by atoms with Gasteiger partial charge in [-0.2, -0.15) is 5.10 Å². The Morgan fingerprint density at radius 1 is 1.26 bits per heavy atom. The number of aromatic carboxylic acids is 1. The van der Waals surface area contributed by atoms with Gasteiger partial charge in [-0.15, -0.1) is 8.78 Å². The van der Waals surface area contributed by atoms with Gasteiger partial charge in [-0.05, 0) is 24.3 Å². The molecule has 2 aromatic rings. The summed E-state index contributed by atoms with van der Waals surface area (Å²) < 4.78 is 34.2. The minimum absolute atomic E-state index is 0.0808. The van der Waals surface area contributed by atoms with Crippen molar-refractivity contribution in [3.63, 3.8) is 0 Å². The first-order chi connectivity index (χ1) is 8.94. The summed E-state index contributed by atoms with van der Waals surface area (Å²) in [6.45, 7) is 0. The summed E-state index contributed by atoms with van der Waals surface area (Å²) in [6.07, 6.45) is -3.68. The molecule has 0 atom stereocenters. The molecule has 0 saturated heterocycles. The van der Waals surface area contributed by atoms with Gasteiger partial charge in [0.25, 0.3) is 0 Å². The Morgan fingerprint density at radius 2 is 2.00 bits per heavy atom. The summed E-state index contributed by atoms with van der Waals surface area (Å²) in [5, 5.41) is 14.9. The SMILES string of the molecule is O=C(O)c1cc(-c2ccc3c(c2)OC(F)(F)O3)n[nH]1. The number of benzene rings is 1. The maximum absolute atomic E-state index is 12.8. The van der Waals surface area contributed by atoms with Gasteiger partial charge < -0.3 is 14.6 Å². The molecular formula is C11H6F2N2O4. The van der Waals surface area contributed by atoms with Crippen molar-refractivity contribution in [3.8, 4) is 22.8 Å². The van der Waals surface area contributed by atoms with E-state index in [0.29, 0.717) is 11.3 Å². The number of fused-ring (bicyclic) bond motifs is 1. The number of hydrogen-bond donors (Lipinski definition) is 2. The molecule has 98 valence electrons. The van der Waals surface area contributed by atoms with E-state index >= 15 is 0 Å². The molecule has 3 rings (SSSR count). The third-order valence-corrected chi connectivity index (χ3v) is 2.51. The first-order valence-electron chi connectivity index (χ1n) is 5.13. The number of aromatic nitrogens is 2. The van der Waals surface area contributed by atoms with Crippen molar-refractivity contribution in [1.29, 1.82) is 0 Å². The Bertz CT molecular complexity index is 668. The van der Waals surface area contributed by atoms with Crippen LogP contribution in [0, 0.1) is 0 Å². The number of H-pyrrole nitrogens is 1. The number of carbonyl (C=O) groups is 1. The normalized spacial score (nSPS) is 15.5. The van der Waals surface area contributed by atoms with Gasteiger partial charge in [-0.25, -0.2) is 4.79 Å². The topological polar surface area (TPSA) is 84.4 Å². The van der Waals surface area contributed by atoms with Crippen LogP contribution < -0.4 is 9.47 Å². The molecule has 0 saturated carbocycles. The fraction of sp³-hybridized carbons (Fsp3) is 0.0909. The summed E-state index contributed by atoms with van der Waals surface area (Å²) in [6, 6.07) is 5.38. The van der Waals surface area contributed by atoms with Crippen molar-refractivity contribution in [2.75, 3.05) is 0 Å². The number of rotatable bonds is 2. The molecule has 1 aliphatic rings. The smallest absolute Gasteiger partial charge is 0.477 e. The highest BCUT2D eigenvalue weighted by atomic mass is 19.3. The average molecular weight is 268 g/mol. The zero-order valence-corrected chi connectivity index (χ0v) is 9.18. The third kappa shape index (κ3) is 1.96. The van der Waals surface area contributed by atoms with E-state index in [-0.39, 0.29) is 17.2 Å². The zero-order valence-electron chi connectivity index (χ0n) is 9.18. The summed E-state index contributed by atoms with van der Waals surface area (Å²) in [5.41, 5.74) is 0.640. The molecular weight excluding hydrogens is 262 g/mol. The molecule has 0 amide bonds. The number of aromatic amines is 1. The number of nitrogens with one attached hydrogen (secondary N) is 1. The summed E-state index contributed by atoms with van der Waals surface area (Å²) in [7, 11) is 0. The standard InChI is InChI=1S/C11H6F2N2O4/c12-11(13)18-8-2-1-5(3-9(8)19-11)6-4-7(10(16)17)15-14-6/h1-4H,(H,14,15)(H,16,17). The lowest BCUT2D eigenvalue weighted by Crippen LogP contribution is -2.25. The Balaban J connectivity index is 1.97. The lowest BCUT2D eigenvalue weighted by Gasteiger charge is -2.04. The van der Waals surface area contributed by atoms with Crippen LogP contribution in [0.5, 0.6) is 11.5 Å². The van der Waals surface area contributed by atoms with Crippen LogP contribution in [-0.4, -0.2) is 27.6 Å². The molecule has 6 nitrogen and oxygen atoms in total. The molecule has 0 spiro atoms. The molecule has 8 heteroatoms. The van der Waals surface area contributed by atoms with E-state index in [0.717, 1.165) is 0 Å². The highest BCUT2D eigenvalue weighted by Gasteiger charge is 2.43. The molecule has 1 aromatic carbocycles. The quantitative estimate of drug-likeness (QED) is 0.871. The van der Waals surface area contributed by atoms with Gasteiger partial charge in [-0.1, -0.05) is 0 Å². The molecule has 0 bridgehead atoms. The lowest BCUT2D eigenvalue weighted by atomic mass is 10.1. The lowest BCUT2D eigenvalue weighted by molar-refractivity contribution is -0.286. The van der Waals surface area contributed by atoms with Crippen LogP contribution in [0.15, 0.2) is 24.3 Å². The van der Waals surface area contributed by atoms with Crippen molar-refractivity contribution in [1.82, 2.24) is 10.2 Å². The Hall–Kier alpha value is -2.64. The first kappa shape index (κ1) is 11.5. The van der Waals surface area contributed by atoms with E-state index in [4.69, 9.17) is 5.11 Å². The fourth-order valence-electron chi connectivity index (χ4n) is 1.69. The molecule has 1 aliphatic heterocycles. The van der Waals surface area contributed by atoms with Crippen LogP contribution >= 0.6 is 0 Å². The molecule has 1 aromatic heterocycles. The van der Waals surface area contributed by atoms with E-state index in [1.54, 1.807) is 0 Å². The van der Waals surface area contributed by atoms with E-state index in [1.165, 1.54) is 24.3 Å². The Kier molecular flexibility index (Phi) is 2.21. The van der Waals surface area contributed by atoms with Crippen molar-refractivity contribution in [2.24, 2.45) is 0 Å². The van der Waals surface area contributed by atoms with Gasteiger partial charge in [0.1, 0.15) is 5.69 Å². The highest BCUT2D eigenvalue weighted by molar-refractivity contribution is 5.86. The summed E-state index contributed by atoms with van der Waals surface area (Å²) >= 11 is 0. The van der Waals surface area contributed by atoms with Crippen LogP contribution in [0.1, 0.15) is 10.5 Å². The van der Waals surface area contributed by atoms with Crippen molar-refractivity contribution >= 4 is 5.97 Å². The monoisotopic (exact) mass is 268 g/mol. The second-order valence-electron chi connectivity index (χ2n) is 3.80.